The molecule has 1 N–H and O–H groups in total. The van der Waals surface area contributed by atoms with E-state index in [1.165, 1.54) is 32.1 Å². The van der Waals surface area contributed by atoms with Crippen LogP contribution >= 0.6 is 0 Å². The highest BCUT2D eigenvalue weighted by Gasteiger charge is 2.15. The van der Waals surface area contributed by atoms with Gasteiger partial charge >= 0.3 is 0 Å². The number of aliphatic hydroxyl groups is 1. The zero-order valence-electron chi connectivity index (χ0n) is 7.55. The van der Waals surface area contributed by atoms with Crippen LogP contribution in [0, 0.1) is 5.92 Å². The lowest BCUT2D eigenvalue weighted by Crippen LogP contribution is -2.14. The molecule has 0 saturated heterocycles. The molecule has 0 bridgehead atoms. The first-order chi connectivity index (χ1) is 5.33. The lowest BCUT2D eigenvalue weighted by atomic mass is 9.85. The minimum atomic E-state index is -0.0295. The molecule has 1 nitrogen and oxygen atoms in total. The fourth-order valence-electron chi connectivity index (χ4n) is 1.97. The van der Waals surface area contributed by atoms with Crippen molar-refractivity contribution in [1.29, 1.82) is 0 Å². The van der Waals surface area contributed by atoms with Crippen LogP contribution < -0.4 is 0 Å². The molecule has 0 aliphatic heterocycles. The highest BCUT2D eigenvalue weighted by atomic mass is 16.3. The SMILES string of the molecule is CCC(O)CC1CCCCC1. The number of hydrogen-bond acceptors (Lipinski definition) is 1. The maximum atomic E-state index is 9.41. The third-order valence-corrected chi connectivity index (χ3v) is 2.80. The van der Waals surface area contributed by atoms with Crippen LogP contribution in [0.4, 0.5) is 0 Å². The maximum Gasteiger partial charge on any atom is 0.0540 e. The Labute approximate surface area is 69.8 Å². The number of rotatable bonds is 3. The smallest absolute Gasteiger partial charge is 0.0540 e. The Hall–Kier alpha value is -0.0400. The summed E-state index contributed by atoms with van der Waals surface area (Å²) in [7, 11) is 0. The van der Waals surface area contributed by atoms with Gasteiger partial charge in [-0.1, -0.05) is 39.0 Å². The number of hydrogen-bond donors (Lipinski definition) is 1. The molecule has 1 heteroatoms. The average Bonchev–Trinajstić information content (AvgIpc) is 2.06. The molecule has 1 fully saturated rings. The second-order valence-corrected chi connectivity index (χ2v) is 3.80. The van der Waals surface area contributed by atoms with E-state index in [9.17, 15) is 5.11 Å². The van der Waals surface area contributed by atoms with Crippen molar-refractivity contribution < 1.29 is 5.11 Å². The summed E-state index contributed by atoms with van der Waals surface area (Å²) in [4.78, 5) is 0. The van der Waals surface area contributed by atoms with E-state index in [2.05, 4.69) is 6.92 Å². The van der Waals surface area contributed by atoms with Crippen molar-refractivity contribution in [1.82, 2.24) is 0 Å². The molecule has 66 valence electrons. The van der Waals surface area contributed by atoms with Crippen LogP contribution in [-0.2, 0) is 0 Å². The van der Waals surface area contributed by atoms with Crippen molar-refractivity contribution in [2.24, 2.45) is 5.92 Å². The van der Waals surface area contributed by atoms with E-state index in [0.29, 0.717) is 0 Å². The van der Waals surface area contributed by atoms with Gasteiger partial charge in [0, 0.05) is 0 Å². The molecule has 11 heavy (non-hydrogen) atoms. The molecule has 0 aromatic heterocycles. The second-order valence-electron chi connectivity index (χ2n) is 3.80. The van der Waals surface area contributed by atoms with Gasteiger partial charge in [0.15, 0.2) is 0 Å². The predicted molar refractivity (Wildman–Crippen MR) is 47.5 cm³/mol. The molecule has 1 aliphatic rings. The van der Waals surface area contributed by atoms with Gasteiger partial charge in [-0.15, -0.1) is 0 Å². The molecule has 0 aromatic carbocycles. The maximum absolute atomic E-state index is 9.41. The molecule has 0 radical (unpaired) electrons. The lowest BCUT2D eigenvalue weighted by Gasteiger charge is -2.23. The van der Waals surface area contributed by atoms with Gasteiger partial charge in [-0.2, -0.15) is 0 Å². The largest absolute Gasteiger partial charge is 0.393 e. The van der Waals surface area contributed by atoms with Gasteiger partial charge in [-0.05, 0) is 18.8 Å². The Morgan fingerprint density at radius 1 is 1.27 bits per heavy atom. The Morgan fingerprint density at radius 3 is 2.45 bits per heavy atom. The van der Waals surface area contributed by atoms with E-state index in [-0.39, 0.29) is 6.10 Å². The fourth-order valence-corrected chi connectivity index (χ4v) is 1.97. The van der Waals surface area contributed by atoms with Crippen LogP contribution in [0.5, 0.6) is 0 Å². The van der Waals surface area contributed by atoms with Gasteiger partial charge in [0.25, 0.3) is 0 Å². The first-order valence-electron chi connectivity index (χ1n) is 5.01. The Morgan fingerprint density at radius 2 is 1.91 bits per heavy atom. The van der Waals surface area contributed by atoms with E-state index in [4.69, 9.17) is 0 Å². The quantitative estimate of drug-likeness (QED) is 0.666. The van der Waals surface area contributed by atoms with Crippen LogP contribution in [-0.4, -0.2) is 11.2 Å². The molecule has 0 amide bonds. The molecule has 1 atom stereocenters. The van der Waals surface area contributed by atoms with Crippen molar-refractivity contribution in [3.63, 3.8) is 0 Å². The Bertz CT molecular complexity index is 95.0. The molecule has 1 aliphatic carbocycles. The fraction of sp³-hybridized carbons (Fsp3) is 1.00. The van der Waals surface area contributed by atoms with Gasteiger partial charge < -0.3 is 5.11 Å². The van der Waals surface area contributed by atoms with Crippen LogP contribution in [0.3, 0.4) is 0 Å². The van der Waals surface area contributed by atoms with Gasteiger partial charge in [0.1, 0.15) is 0 Å². The van der Waals surface area contributed by atoms with Crippen molar-refractivity contribution >= 4 is 0 Å². The molecule has 0 heterocycles. The summed E-state index contributed by atoms with van der Waals surface area (Å²) in [5, 5.41) is 9.41. The molecular weight excluding hydrogens is 136 g/mol. The lowest BCUT2D eigenvalue weighted by molar-refractivity contribution is 0.126. The minimum absolute atomic E-state index is 0.0295. The van der Waals surface area contributed by atoms with Crippen LogP contribution in [0.1, 0.15) is 51.9 Å². The minimum Gasteiger partial charge on any atom is -0.393 e. The number of aliphatic hydroxyl groups excluding tert-OH is 1. The average molecular weight is 156 g/mol. The summed E-state index contributed by atoms with van der Waals surface area (Å²) in [6, 6.07) is 0. The van der Waals surface area contributed by atoms with Crippen LogP contribution in [0.15, 0.2) is 0 Å². The predicted octanol–water partition coefficient (Wildman–Crippen LogP) is 2.73. The highest BCUT2D eigenvalue weighted by molar-refractivity contribution is 4.68. The van der Waals surface area contributed by atoms with Gasteiger partial charge in [0.2, 0.25) is 0 Å². The third-order valence-electron chi connectivity index (χ3n) is 2.80. The topological polar surface area (TPSA) is 20.2 Å². The summed E-state index contributed by atoms with van der Waals surface area (Å²) >= 11 is 0. The van der Waals surface area contributed by atoms with E-state index >= 15 is 0 Å². The van der Waals surface area contributed by atoms with Gasteiger partial charge in [-0.25, -0.2) is 0 Å². The van der Waals surface area contributed by atoms with Crippen molar-refractivity contribution in [2.75, 3.05) is 0 Å². The van der Waals surface area contributed by atoms with E-state index in [1.54, 1.807) is 0 Å². The highest BCUT2D eigenvalue weighted by Crippen LogP contribution is 2.27. The molecule has 1 rings (SSSR count). The molecule has 0 aromatic rings. The van der Waals surface area contributed by atoms with Gasteiger partial charge in [-0.3, -0.25) is 0 Å². The Kier molecular flexibility index (Phi) is 3.92. The van der Waals surface area contributed by atoms with Crippen LogP contribution in [0.25, 0.3) is 0 Å². The van der Waals surface area contributed by atoms with Gasteiger partial charge in [0.05, 0.1) is 6.10 Å². The molecule has 1 saturated carbocycles. The molecular formula is C10H20O. The molecule has 0 spiro atoms. The van der Waals surface area contributed by atoms with Crippen molar-refractivity contribution in [3.8, 4) is 0 Å². The zero-order valence-corrected chi connectivity index (χ0v) is 7.55. The first-order valence-corrected chi connectivity index (χ1v) is 5.01. The monoisotopic (exact) mass is 156 g/mol. The van der Waals surface area contributed by atoms with E-state index in [0.717, 1.165) is 18.8 Å². The summed E-state index contributed by atoms with van der Waals surface area (Å²) in [5.41, 5.74) is 0. The van der Waals surface area contributed by atoms with E-state index < -0.39 is 0 Å². The van der Waals surface area contributed by atoms with Crippen molar-refractivity contribution in [3.05, 3.63) is 0 Å². The summed E-state index contributed by atoms with van der Waals surface area (Å²) in [5.74, 6) is 0.832. The standard InChI is InChI=1S/C10H20O/c1-2-10(11)8-9-6-4-3-5-7-9/h9-11H,2-8H2,1H3. The van der Waals surface area contributed by atoms with Crippen molar-refractivity contribution in [2.45, 2.75) is 58.0 Å². The normalized spacial score (nSPS) is 23.5. The Balaban J connectivity index is 2.13. The first kappa shape index (κ1) is 9.05. The third kappa shape index (κ3) is 3.24. The van der Waals surface area contributed by atoms with E-state index in [1.807, 2.05) is 0 Å². The van der Waals surface area contributed by atoms with Crippen LogP contribution in [0.2, 0.25) is 0 Å². The summed E-state index contributed by atoms with van der Waals surface area (Å²) in [6.45, 7) is 2.06. The summed E-state index contributed by atoms with van der Waals surface area (Å²) < 4.78 is 0. The second kappa shape index (κ2) is 4.76. The zero-order chi connectivity index (χ0) is 8.10. The molecule has 1 unspecified atom stereocenters. The summed E-state index contributed by atoms with van der Waals surface area (Å²) in [6.07, 6.45) is 8.86.